The first kappa shape index (κ1) is 23.9. The number of aryl methyl sites for hydroxylation is 2. The smallest absolute Gasteiger partial charge is 0.319 e. The van der Waals surface area contributed by atoms with Crippen LogP contribution in [0.4, 0.5) is 15.6 Å². The lowest BCUT2D eigenvalue weighted by molar-refractivity contribution is -0.119. The largest absolute Gasteiger partial charge is 0.326 e. The Morgan fingerprint density at radius 2 is 1.88 bits per heavy atom. The molecule has 3 rings (SSSR count). The van der Waals surface area contributed by atoms with Crippen molar-refractivity contribution < 1.29 is 9.59 Å². The van der Waals surface area contributed by atoms with Gasteiger partial charge in [-0.15, -0.1) is 10.2 Å². The first-order valence-corrected chi connectivity index (χ1v) is 11.9. The molecule has 3 aromatic rings. The van der Waals surface area contributed by atoms with Crippen LogP contribution in [0.5, 0.6) is 0 Å². The zero-order chi connectivity index (χ0) is 23.3. The zero-order valence-electron chi connectivity index (χ0n) is 18.4. The molecule has 0 bridgehead atoms. The van der Waals surface area contributed by atoms with Gasteiger partial charge in [0.2, 0.25) is 11.0 Å². The van der Waals surface area contributed by atoms with Gasteiger partial charge in [-0.1, -0.05) is 77.4 Å². The zero-order valence-corrected chi connectivity index (χ0v) is 20.8. The highest BCUT2D eigenvalue weighted by Crippen LogP contribution is 2.28. The van der Waals surface area contributed by atoms with Gasteiger partial charge in [0.05, 0.1) is 0 Å². The summed E-state index contributed by atoms with van der Waals surface area (Å²) in [7, 11) is 0. The van der Waals surface area contributed by atoms with Crippen LogP contribution in [0.3, 0.4) is 0 Å². The number of hydrogen-bond donors (Lipinski definition) is 3. The SMILES string of the molecule is CCC(C)C(NC(=O)Nc1ccc(C)cc1C)C(=O)Nc1nnc(-c2cccc(Br)c2)s1. The summed E-state index contributed by atoms with van der Waals surface area (Å²) in [5.74, 6) is -0.399. The Morgan fingerprint density at radius 1 is 1.09 bits per heavy atom. The number of hydrogen-bond acceptors (Lipinski definition) is 5. The number of carbonyl (C=O) groups is 2. The van der Waals surface area contributed by atoms with Crippen molar-refractivity contribution in [2.75, 3.05) is 10.6 Å². The van der Waals surface area contributed by atoms with Crippen molar-refractivity contribution in [1.82, 2.24) is 15.5 Å². The van der Waals surface area contributed by atoms with Gasteiger partial charge in [-0.3, -0.25) is 10.1 Å². The number of rotatable bonds is 7. The minimum Gasteiger partial charge on any atom is -0.326 e. The summed E-state index contributed by atoms with van der Waals surface area (Å²) in [6.45, 7) is 7.83. The van der Waals surface area contributed by atoms with E-state index in [1.165, 1.54) is 11.3 Å². The van der Waals surface area contributed by atoms with E-state index in [1.54, 1.807) is 0 Å². The van der Waals surface area contributed by atoms with Crippen LogP contribution in [0.2, 0.25) is 0 Å². The van der Waals surface area contributed by atoms with E-state index < -0.39 is 12.1 Å². The van der Waals surface area contributed by atoms with E-state index in [-0.39, 0.29) is 11.8 Å². The highest BCUT2D eigenvalue weighted by atomic mass is 79.9. The number of nitrogens with zero attached hydrogens (tertiary/aromatic N) is 2. The van der Waals surface area contributed by atoms with Crippen LogP contribution < -0.4 is 16.0 Å². The molecule has 2 aromatic carbocycles. The molecule has 0 aliphatic heterocycles. The molecule has 0 aliphatic carbocycles. The molecule has 0 saturated carbocycles. The van der Waals surface area contributed by atoms with E-state index in [0.29, 0.717) is 15.8 Å². The van der Waals surface area contributed by atoms with Crippen molar-refractivity contribution in [3.05, 3.63) is 58.1 Å². The quantitative estimate of drug-likeness (QED) is 0.372. The fraction of sp³-hybridized carbons (Fsp3) is 0.304. The maximum absolute atomic E-state index is 13.0. The van der Waals surface area contributed by atoms with Gasteiger partial charge >= 0.3 is 6.03 Å². The summed E-state index contributed by atoms with van der Waals surface area (Å²) in [6.07, 6.45) is 0.724. The second-order valence-corrected chi connectivity index (χ2v) is 9.59. The topological polar surface area (TPSA) is 96.0 Å². The Bertz CT molecular complexity index is 1120. The van der Waals surface area contributed by atoms with E-state index in [2.05, 4.69) is 42.1 Å². The van der Waals surface area contributed by atoms with Gasteiger partial charge in [0.25, 0.3) is 0 Å². The van der Waals surface area contributed by atoms with Crippen molar-refractivity contribution in [2.24, 2.45) is 5.92 Å². The minimum atomic E-state index is -0.719. The summed E-state index contributed by atoms with van der Waals surface area (Å²) in [4.78, 5) is 25.6. The second-order valence-electron chi connectivity index (χ2n) is 7.69. The number of nitrogens with one attached hydrogen (secondary N) is 3. The van der Waals surface area contributed by atoms with E-state index >= 15 is 0 Å². The first-order valence-electron chi connectivity index (χ1n) is 10.3. The molecular formula is C23H26BrN5O2S. The number of urea groups is 1. The molecule has 2 atom stereocenters. The molecule has 0 fully saturated rings. The second kappa shape index (κ2) is 10.7. The maximum Gasteiger partial charge on any atom is 0.319 e. The molecule has 168 valence electrons. The van der Waals surface area contributed by atoms with Crippen molar-refractivity contribution in [2.45, 2.75) is 40.2 Å². The monoisotopic (exact) mass is 515 g/mol. The van der Waals surface area contributed by atoms with Crippen LogP contribution in [-0.4, -0.2) is 28.2 Å². The lowest BCUT2D eigenvalue weighted by Gasteiger charge is -2.23. The summed E-state index contributed by atoms with van der Waals surface area (Å²) < 4.78 is 0.937. The number of carbonyl (C=O) groups excluding carboxylic acids is 2. The minimum absolute atomic E-state index is 0.0719. The summed E-state index contributed by atoms with van der Waals surface area (Å²) in [6, 6.07) is 12.3. The molecular weight excluding hydrogens is 490 g/mol. The average molecular weight is 516 g/mol. The summed E-state index contributed by atoms with van der Waals surface area (Å²) in [5.41, 5.74) is 3.68. The fourth-order valence-corrected chi connectivity index (χ4v) is 4.29. The van der Waals surface area contributed by atoms with Crippen molar-refractivity contribution in [3.63, 3.8) is 0 Å². The van der Waals surface area contributed by atoms with E-state index in [4.69, 9.17) is 0 Å². The van der Waals surface area contributed by atoms with Crippen LogP contribution in [-0.2, 0) is 4.79 Å². The molecule has 1 heterocycles. The van der Waals surface area contributed by atoms with Gasteiger partial charge in [-0.25, -0.2) is 4.79 Å². The standard InChI is InChI=1S/C23H26BrN5O2S/c1-5-14(3)19(26-22(31)25-18-10-9-13(2)11-15(18)4)20(30)27-23-29-28-21(32-23)16-7-6-8-17(24)12-16/h6-12,14,19H,5H2,1-4H3,(H2,25,26,31)(H,27,29,30). The van der Waals surface area contributed by atoms with E-state index in [0.717, 1.165) is 27.6 Å². The third-order valence-corrected chi connectivity index (χ3v) is 6.52. The molecule has 2 unspecified atom stereocenters. The molecule has 3 N–H and O–H groups in total. The van der Waals surface area contributed by atoms with Crippen molar-refractivity contribution in [3.8, 4) is 10.6 Å². The third kappa shape index (κ3) is 6.14. The van der Waals surface area contributed by atoms with Gasteiger partial charge < -0.3 is 10.6 Å². The number of halogens is 1. The third-order valence-electron chi connectivity index (χ3n) is 5.14. The van der Waals surface area contributed by atoms with Gasteiger partial charge in [-0.2, -0.15) is 0 Å². The van der Waals surface area contributed by atoms with Crippen LogP contribution >= 0.6 is 27.3 Å². The van der Waals surface area contributed by atoms with Gasteiger partial charge in [0, 0.05) is 15.7 Å². The highest BCUT2D eigenvalue weighted by molar-refractivity contribution is 9.10. The number of aromatic nitrogens is 2. The fourth-order valence-electron chi connectivity index (χ4n) is 3.15. The molecule has 1 aromatic heterocycles. The normalized spacial score (nSPS) is 12.7. The highest BCUT2D eigenvalue weighted by Gasteiger charge is 2.27. The summed E-state index contributed by atoms with van der Waals surface area (Å²) >= 11 is 4.73. The maximum atomic E-state index is 13.0. The molecule has 0 aliphatic rings. The lowest BCUT2D eigenvalue weighted by Crippen LogP contribution is -2.49. The molecule has 0 radical (unpaired) electrons. The first-order chi connectivity index (χ1) is 15.3. The van der Waals surface area contributed by atoms with Crippen LogP contribution in [0.15, 0.2) is 46.9 Å². The van der Waals surface area contributed by atoms with Crippen molar-refractivity contribution in [1.29, 1.82) is 0 Å². The lowest BCUT2D eigenvalue weighted by atomic mass is 9.98. The van der Waals surface area contributed by atoms with E-state index in [1.807, 2.05) is 70.2 Å². The Balaban J connectivity index is 1.69. The van der Waals surface area contributed by atoms with Crippen LogP contribution in [0, 0.1) is 19.8 Å². The van der Waals surface area contributed by atoms with Gasteiger partial charge in [0.1, 0.15) is 11.0 Å². The van der Waals surface area contributed by atoms with Crippen LogP contribution in [0.1, 0.15) is 31.4 Å². The predicted octanol–water partition coefficient (Wildman–Crippen LogP) is 5.76. The number of anilines is 2. The molecule has 0 spiro atoms. The van der Waals surface area contributed by atoms with E-state index in [9.17, 15) is 9.59 Å². The molecule has 0 saturated heterocycles. The number of benzene rings is 2. The molecule has 7 nitrogen and oxygen atoms in total. The predicted molar refractivity (Wildman–Crippen MR) is 133 cm³/mol. The van der Waals surface area contributed by atoms with Gasteiger partial charge in [-0.05, 0) is 43.5 Å². The molecule has 9 heteroatoms. The van der Waals surface area contributed by atoms with Crippen LogP contribution in [0.25, 0.3) is 10.6 Å². The molecule has 32 heavy (non-hydrogen) atoms. The Kier molecular flexibility index (Phi) is 7.98. The van der Waals surface area contributed by atoms with Gasteiger partial charge in [0.15, 0.2) is 0 Å². The average Bonchev–Trinajstić information content (AvgIpc) is 3.22. The Hall–Kier alpha value is -2.78. The Labute approximate surface area is 200 Å². The van der Waals surface area contributed by atoms with Crippen molar-refractivity contribution >= 4 is 50.0 Å². The Morgan fingerprint density at radius 3 is 2.56 bits per heavy atom. The molecule has 3 amide bonds. The summed E-state index contributed by atoms with van der Waals surface area (Å²) in [5, 5.41) is 17.8. The number of amides is 3.